The number of aromatic nitrogens is 2. The minimum Gasteiger partial charge on any atom is -0.397 e. The molecule has 12 aromatic rings. The van der Waals surface area contributed by atoms with Crippen LogP contribution in [0.3, 0.4) is 0 Å². The molecule has 0 saturated heterocycles. The van der Waals surface area contributed by atoms with Crippen molar-refractivity contribution in [2.75, 3.05) is 10.6 Å². The predicted molar refractivity (Wildman–Crippen MR) is 271 cm³/mol. The van der Waals surface area contributed by atoms with E-state index in [-0.39, 0.29) is 11.5 Å². The molecule has 1 aliphatic heterocycles. The second-order valence-corrected chi connectivity index (χ2v) is 17.2. The van der Waals surface area contributed by atoms with Gasteiger partial charge in [0.15, 0.2) is 0 Å². The van der Waals surface area contributed by atoms with Gasteiger partial charge in [-0.25, -0.2) is 4.98 Å². The fraction of sp³-hybridized carbons (Fsp3) is 0.0167. The molecule has 13 rings (SSSR count). The number of nitrogens with zero attached hydrogens (tertiary/aromatic N) is 3. The van der Waals surface area contributed by atoms with Crippen LogP contribution in [0.25, 0.3) is 105 Å². The first kappa shape index (κ1) is 37.7. The highest BCUT2D eigenvalue weighted by Crippen LogP contribution is 2.45. The minimum absolute atomic E-state index is 0.104. The molecule has 0 atom stereocenters. The van der Waals surface area contributed by atoms with Gasteiger partial charge in [-0.15, -0.1) is 0 Å². The zero-order valence-corrected chi connectivity index (χ0v) is 35.6. The van der Waals surface area contributed by atoms with Gasteiger partial charge in [0.2, 0.25) is 0 Å². The molecular weight excluding hydrogens is 809 g/mol. The van der Waals surface area contributed by atoms with Gasteiger partial charge in [-0.1, -0.05) is 164 Å². The fourth-order valence-electron chi connectivity index (χ4n) is 10.4. The summed E-state index contributed by atoms with van der Waals surface area (Å²) >= 11 is 0. The lowest BCUT2D eigenvalue weighted by Crippen LogP contribution is -2.34. The molecular formula is C60H38N4O2. The second kappa shape index (κ2) is 14.6. The van der Waals surface area contributed by atoms with Gasteiger partial charge in [-0.3, -0.25) is 14.0 Å². The maximum Gasteiger partial charge on any atom is 0.264 e. The largest absolute Gasteiger partial charge is 0.397 e. The normalized spacial score (nSPS) is 12.6. The number of carbonyl (C=O) groups excluding carboxylic acids is 1. The molecule has 6 heteroatoms. The first-order valence-corrected chi connectivity index (χ1v) is 22.2. The summed E-state index contributed by atoms with van der Waals surface area (Å²) in [5, 5.41) is 5.26. The number of anilines is 2. The van der Waals surface area contributed by atoms with E-state index in [2.05, 4.69) is 103 Å². The van der Waals surface area contributed by atoms with Crippen LogP contribution in [0, 0.1) is 0 Å². The highest BCUT2D eigenvalue weighted by molar-refractivity contribution is 6.24. The van der Waals surface area contributed by atoms with Crippen LogP contribution in [0.5, 0.6) is 0 Å². The summed E-state index contributed by atoms with van der Waals surface area (Å²) < 4.78 is 1.80. The Bertz CT molecular complexity index is 4000. The lowest BCUT2D eigenvalue weighted by molar-refractivity contribution is 0.0984. The first-order valence-electron chi connectivity index (χ1n) is 22.2. The van der Waals surface area contributed by atoms with E-state index in [0.717, 1.165) is 99.2 Å². The number of hydrogen-bond acceptors (Lipinski definition) is 4. The van der Waals surface area contributed by atoms with Gasteiger partial charge < -0.3 is 10.6 Å². The summed E-state index contributed by atoms with van der Waals surface area (Å²) in [7, 11) is 0. The Morgan fingerprint density at radius 3 is 1.64 bits per heavy atom. The summed E-state index contributed by atoms with van der Waals surface area (Å²) in [5.74, 6) is -0.104. The number of rotatable bonds is 6. The van der Waals surface area contributed by atoms with E-state index in [1.807, 2.05) is 108 Å². The van der Waals surface area contributed by atoms with Crippen molar-refractivity contribution in [3.8, 4) is 55.6 Å². The summed E-state index contributed by atoms with van der Waals surface area (Å²) in [4.78, 5) is 37.0. The van der Waals surface area contributed by atoms with Gasteiger partial charge in [-0.2, -0.15) is 0 Å². The quantitative estimate of drug-likeness (QED) is 0.169. The molecule has 1 aliphatic rings. The molecule has 66 heavy (non-hydrogen) atoms. The van der Waals surface area contributed by atoms with Gasteiger partial charge in [0.05, 0.1) is 29.0 Å². The third-order valence-corrected chi connectivity index (χ3v) is 13.5. The molecule has 0 spiro atoms. The first-order chi connectivity index (χ1) is 32.5. The zero-order valence-electron chi connectivity index (χ0n) is 35.6. The van der Waals surface area contributed by atoms with E-state index in [1.165, 1.54) is 0 Å². The Morgan fingerprint density at radius 2 is 0.970 bits per heavy atom. The molecule has 0 fully saturated rings. The molecule has 310 valence electrons. The third kappa shape index (κ3) is 5.65. The van der Waals surface area contributed by atoms with Crippen molar-refractivity contribution >= 4 is 66.3 Å². The van der Waals surface area contributed by atoms with Gasteiger partial charge in [0.1, 0.15) is 5.65 Å². The lowest BCUT2D eigenvalue weighted by Gasteiger charge is -2.31. The molecule has 0 aliphatic carbocycles. The Hall–Kier alpha value is -8.87. The monoisotopic (exact) mass is 846 g/mol. The number of nitrogen functional groups attached to an aromatic ring is 1. The molecule has 0 bridgehead atoms. The number of carbonyl (C=O) groups is 1. The van der Waals surface area contributed by atoms with Crippen molar-refractivity contribution in [2.45, 2.75) is 6.54 Å². The van der Waals surface area contributed by atoms with Crippen LogP contribution >= 0.6 is 0 Å². The maximum absolute atomic E-state index is 14.9. The van der Waals surface area contributed by atoms with Crippen molar-refractivity contribution in [2.24, 2.45) is 0 Å². The number of fused-ring (bicyclic) bond motifs is 4. The van der Waals surface area contributed by atoms with E-state index in [9.17, 15) is 9.59 Å². The highest BCUT2D eigenvalue weighted by atomic mass is 16.2. The van der Waals surface area contributed by atoms with Crippen molar-refractivity contribution < 1.29 is 4.79 Å². The average Bonchev–Trinajstić information content (AvgIpc) is 3.77. The molecule has 10 aromatic carbocycles. The van der Waals surface area contributed by atoms with Crippen LogP contribution < -0.4 is 16.2 Å². The smallest absolute Gasteiger partial charge is 0.264 e. The summed E-state index contributed by atoms with van der Waals surface area (Å²) in [6, 6.07) is 69.9. The van der Waals surface area contributed by atoms with Crippen LogP contribution in [-0.4, -0.2) is 15.3 Å². The van der Waals surface area contributed by atoms with Crippen LogP contribution in [-0.2, 0) is 6.54 Å². The highest BCUT2D eigenvalue weighted by Gasteiger charge is 2.31. The number of benzene rings is 10. The molecule has 0 radical (unpaired) electrons. The van der Waals surface area contributed by atoms with Crippen molar-refractivity contribution in [1.29, 1.82) is 0 Å². The molecule has 2 N–H and O–H groups in total. The number of pyridine rings is 1. The number of hydrogen-bond donors (Lipinski definition) is 1. The van der Waals surface area contributed by atoms with Crippen molar-refractivity contribution in [3.05, 3.63) is 228 Å². The van der Waals surface area contributed by atoms with E-state index in [0.29, 0.717) is 34.5 Å². The van der Waals surface area contributed by atoms with Crippen LogP contribution in [0.15, 0.2) is 211 Å². The SMILES string of the molecule is Nc1c(-c2ccccc2)cc(-c2ccccc2)cc1N1Cc2ccc(-c3ccc4c5c3cccc5c(=O)n3c5cc(-c6ccccc6)cc(-c6ccccc6)c5nc43)c3cccc(c23)C1=O. The van der Waals surface area contributed by atoms with Gasteiger partial charge in [0.25, 0.3) is 11.5 Å². The van der Waals surface area contributed by atoms with E-state index in [4.69, 9.17) is 10.7 Å². The van der Waals surface area contributed by atoms with Crippen LogP contribution in [0.2, 0.25) is 0 Å². The van der Waals surface area contributed by atoms with Crippen LogP contribution in [0.1, 0.15) is 15.9 Å². The zero-order chi connectivity index (χ0) is 44.0. The lowest BCUT2D eigenvalue weighted by atomic mass is 9.86. The van der Waals surface area contributed by atoms with Crippen LogP contribution in [0.4, 0.5) is 11.4 Å². The van der Waals surface area contributed by atoms with Crippen molar-refractivity contribution in [3.63, 3.8) is 0 Å². The average molecular weight is 847 g/mol. The predicted octanol–water partition coefficient (Wildman–Crippen LogP) is 13.8. The van der Waals surface area contributed by atoms with E-state index < -0.39 is 0 Å². The van der Waals surface area contributed by atoms with Gasteiger partial charge >= 0.3 is 0 Å². The Balaban J connectivity index is 0.977. The molecule has 1 amide bonds. The molecule has 3 heterocycles. The minimum atomic E-state index is -0.111. The summed E-state index contributed by atoms with van der Waals surface area (Å²) in [6.45, 7) is 0.356. The van der Waals surface area contributed by atoms with E-state index >= 15 is 0 Å². The molecule has 0 unspecified atom stereocenters. The third-order valence-electron chi connectivity index (χ3n) is 13.5. The Kier molecular flexibility index (Phi) is 8.33. The number of amides is 1. The van der Waals surface area contributed by atoms with Gasteiger partial charge in [0, 0.05) is 38.2 Å². The number of imidazole rings is 1. The molecule has 0 saturated carbocycles. The summed E-state index contributed by atoms with van der Waals surface area (Å²) in [5.41, 5.74) is 22.0. The fourth-order valence-corrected chi connectivity index (χ4v) is 10.4. The standard InChI is InChI=1S/C60H38N4O2/c61-56-50(38-19-9-3-10-20-38)31-41(36-15-5-1-6-16-36)33-52(56)63-35-40-27-28-43(45-23-13-25-48(54(40)45)59(63)65)44-29-30-47-55-46(44)24-14-26-49(55)60(66)64-53-34-42(37-17-7-2-8-18-37)32-51(57(53)62-58(47)64)39-21-11-4-12-22-39/h1-34H,35,61H2. The Morgan fingerprint density at radius 1 is 0.424 bits per heavy atom. The molecule has 6 nitrogen and oxygen atoms in total. The van der Waals surface area contributed by atoms with Crippen molar-refractivity contribution in [1.82, 2.24) is 9.38 Å². The van der Waals surface area contributed by atoms with E-state index in [1.54, 1.807) is 4.40 Å². The molecule has 2 aromatic heterocycles. The Labute approximate surface area is 379 Å². The summed E-state index contributed by atoms with van der Waals surface area (Å²) in [6.07, 6.45) is 0. The van der Waals surface area contributed by atoms with Gasteiger partial charge in [-0.05, 0) is 103 Å². The topological polar surface area (TPSA) is 80.7 Å². The maximum atomic E-state index is 14.9. The second-order valence-electron chi connectivity index (χ2n) is 17.2. The number of nitrogens with two attached hydrogens (primary N) is 1.